The fourth-order valence-electron chi connectivity index (χ4n) is 2.98. The number of rotatable bonds is 4. The summed E-state index contributed by atoms with van der Waals surface area (Å²) in [5.74, 6) is 0.135. The van der Waals surface area contributed by atoms with E-state index in [1.165, 1.54) is 30.6 Å². The van der Waals surface area contributed by atoms with Crippen LogP contribution in [0.2, 0.25) is 0 Å². The monoisotopic (exact) mass is 317 g/mol. The summed E-state index contributed by atoms with van der Waals surface area (Å²) < 4.78 is 27.8. The molecule has 5 nitrogen and oxygen atoms in total. The maximum Gasteiger partial charge on any atom is 0.182 e. The number of piperidine rings is 1. The Morgan fingerprint density at radius 1 is 1.30 bits per heavy atom. The molecular weight excluding hydrogens is 294 g/mol. The first kappa shape index (κ1) is 15.6. The molecule has 2 rings (SSSR count). The third kappa shape index (κ3) is 2.79. The van der Waals surface area contributed by atoms with Gasteiger partial charge in [-0.15, -0.1) is 0 Å². The molecule has 1 aliphatic rings. The minimum absolute atomic E-state index is 0.135. The highest BCUT2D eigenvalue weighted by Gasteiger charge is 2.34. The molecule has 0 atom stereocenters. The lowest BCUT2D eigenvalue weighted by molar-refractivity contribution is 0.200. The van der Waals surface area contributed by atoms with E-state index < -0.39 is 9.84 Å². The van der Waals surface area contributed by atoms with Crippen LogP contribution < -0.4 is 10.6 Å². The second-order valence-corrected chi connectivity index (χ2v) is 8.37. The average Bonchev–Trinajstić information content (AvgIpc) is 2.81. The summed E-state index contributed by atoms with van der Waals surface area (Å²) in [6.07, 6.45) is 5.76. The van der Waals surface area contributed by atoms with E-state index in [0.717, 1.165) is 25.9 Å². The molecule has 0 spiro atoms. The van der Waals surface area contributed by atoms with Crippen LogP contribution in [0, 0.1) is 5.41 Å². The van der Waals surface area contributed by atoms with Gasteiger partial charge in [-0.1, -0.05) is 26.7 Å². The minimum atomic E-state index is -3.33. The predicted octanol–water partition coefficient (Wildman–Crippen LogP) is 2.54. The third-order valence-electron chi connectivity index (χ3n) is 4.64. The van der Waals surface area contributed by atoms with Crippen molar-refractivity contribution in [3.8, 4) is 0 Å². The number of sulfone groups is 1. The molecule has 1 aromatic rings. The first-order chi connectivity index (χ1) is 9.33. The van der Waals surface area contributed by atoms with Crippen LogP contribution in [0.25, 0.3) is 0 Å². The molecule has 1 saturated heterocycles. The Bertz CT molecular complexity index is 566. The first-order valence-corrected chi connectivity index (χ1v) is 9.69. The summed E-state index contributed by atoms with van der Waals surface area (Å²) >= 11 is 1.20. The molecule has 0 aliphatic carbocycles. The van der Waals surface area contributed by atoms with Crippen molar-refractivity contribution in [2.75, 3.05) is 30.0 Å². The van der Waals surface area contributed by atoms with Gasteiger partial charge >= 0.3 is 0 Å². The molecule has 0 unspecified atom stereocenters. The van der Waals surface area contributed by atoms with Gasteiger partial charge in [0, 0.05) is 19.3 Å². The van der Waals surface area contributed by atoms with Crippen molar-refractivity contribution in [3.63, 3.8) is 0 Å². The van der Waals surface area contributed by atoms with Crippen molar-refractivity contribution in [3.05, 3.63) is 0 Å². The molecule has 0 bridgehead atoms. The van der Waals surface area contributed by atoms with Crippen LogP contribution in [0.1, 0.15) is 39.5 Å². The van der Waals surface area contributed by atoms with E-state index in [4.69, 9.17) is 5.73 Å². The van der Waals surface area contributed by atoms with Gasteiger partial charge in [-0.3, -0.25) is 0 Å². The van der Waals surface area contributed by atoms with Crippen molar-refractivity contribution >= 4 is 32.2 Å². The van der Waals surface area contributed by atoms with Gasteiger partial charge in [0.1, 0.15) is 9.90 Å². The summed E-state index contributed by atoms with van der Waals surface area (Å²) in [5.41, 5.74) is 6.15. The Hall–Kier alpha value is -0.820. The Morgan fingerprint density at radius 3 is 2.30 bits per heavy atom. The summed E-state index contributed by atoms with van der Waals surface area (Å²) in [5, 5.41) is 0.714. The van der Waals surface area contributed by atoms with Crippen LogP contribution in [0.3, 0.4) is 0 Å². The molecule has 0 saturated carbocycles. The predicted molar refractivity (Wildman–Crippen MR) is 84.1 cm³/mol. The van der Waals surface area contributed by atoms with Gasteiger partial charge in [-0.25, -0.2) is 8.42 Å². The van der Waals surface area contributed by atoms with Crippen molar-refractivity contribution in [2.24, 2.45) is 5.41 Å². The molecular formula is C13H23N3O2S2. The first-order valence-electron chi connectivity index (χ1n) is 7.03. The maximum absolute atomic E-state index is 11.9. The molecule has 20 heavy (non-hydrogen) atoms. The quantitative estimate of drug-likeness (QED) is 0.923. The van der Waals surface area contributed by atoms with Crippen LogP contribution in [0.4, 0.5) is 10.8 Å². The normalized spacial score (nSPS) is 19.2. The molecule has 7 heteroatoms. The number of nitrogens with zero attached hydrogens (tertiary/aromatic N) is 2. The number of hydrogen-bond acceptors (Lipinski definition) is 6. The molecule has 114 valence electrons. The van der Waals surface area contributed by atoms with Crippen LogP contribution in [0.15, 0.2) is 4.90 Å². The third-order valence-corrected chi connectivity index (χ3v) is 6.84. The fourth-order valence-corrected chi connectivity index (χ4v) is 5.23. The lowest BCUT2D eigenvalue weighted by atomic mass is 9.74. The van der Waals surface area contributed by atoms with Crippen molar-refractivity contribution in [1.82, 2.24) is 4.37 Å². The highest BCUT2D eigenvalue weighted by molar-refractivity contribution is 7.91. The van der Waals surface area contributed by atoms with E-state index in [0.29, 0.717) is 10.4 Å². The zero-order valence-electron chi connectivity index (χ0n) is 12.3. The summed E-state index contributed by atoms with van der Waals surface area (Å²) in [6, 6.07) is 0. The van der Waals surface area contributed by atoms with Crippen LogP contribution in [0.5, 0.6) is 0 Å². The van der Waals surface area contributed by atoms with Crippen molar-refractivity contribution in [1.29, 1.82) is 0 Å². The van der Waals surface area contributed by atoms with Gasteiger partial charge in [-0.05, 0) is 29.8 Å². The molecule has 0 amide bonds. The Kier molecular flexibility index (Phi) is 4.30. The molecule has 1 fully saturated rings. The molecule has 0 radical (unpaired) electrons. The zero-order chi connectivity index (χ0) is 15.0. The lowest BCUT2D eigenvalue weighted by Gasteiger charge is -2.41. The minimum Gasteiger partial charge on any atom is -0.382 e. The molecule has 0 aromatic carbocycles. The average molecular weight is 317 g/mol. The van der Waals surface area contributed by atoms with E-state index in [1.807, 2.05) is 0 Å². The largest absolute Gasteiger partial charge is 0.382 e. The van der Waals surface area contributed by atoms with E-state index in [-0.39, 0.29) is 10.7 Å². The maximum atomic E-state index is 11.9. The van der Waals surface area contributed by atoms with Crippen molar-refractivity contribution < 1.29 is 8.42 Å². The SMILES string of the molecule is CCC1(CC)CCN(c2snc(N)c2S(C)(=O)=O)CC1. The van der Waals surface area contributed by atoms with E-state index in [9.17, 15) is 8.42 Å². The Morgan fingerprint density at radius 2 is 1.85 bits per heavy atom. The summed E-state index contributed by atoms with van der Waals surface area (Å²) in [6.45, 7) is 6.25. The molecule has 1 aromatic heterocycles. The van der Waals surface area contributed by atoms with Gasteiger partial charge in [0.25, 0.3) is 0 Å². The van der Waals surface area contributed by atoms with Gasteiger partial charge in [0.15, 0.2) is 15.7 Å². The van der Waals surface area contributed by atoms with Gasteiger partial charge in [0.05, 0.1) is 0 Å². The van der Waals surface area contributed by atoms with E-state index in [1.54, 1.807) is 0 Å². The van der Waals surface area contributed by atoms with Crippen LogP contribution >= 0.6 is 11.5 Å². The topological polar surface area (TPSA) is 76.3 Å². The van der Waals surface area contributed by atoms with E-state index >= 15 is 0 Å². The highest BCUT2D eigenvalue weighted by Crippen LogP contribution is 2.42. The summed E-state index contributed by atoms with van der Waals surface area (Å²) in [4.78, 5) is 2.34. The number of hydrogen-bond donors (Lipinski definition) is 1. The highest BCUT2D eigenvalue weighted by atomic mass is 32.2. The fraction of sp³-hybridized carbons (Fsp3) is 0.769. The van der Waals surface area contributed by atoms with E-state index in [2.05, 4.69) is 23.1 Å². The van der Waals surface area contributed by atoms with Gasteiger partial charge < -0.3 is 10.6 Å². The zero-order valence-corrected chi connectivity index (χ0v) is 14.0. The van der Waals surface area contributed by atoms with Gasteiger partial charge in [0.2, 0.25) is 0 Å². The number of aromatic nitrogens is 1. The number of anilines is 2. The standard InChI is InChI=1S/C13H23N3O2S2/c1-4-13(5-2)6-8-16(9-7-13)12-10(20(3,17)18)11(14)15-19-12/h4-9H2,1-3H3,(H2,14,15). The second-order valence-electron chi connectivity index (χ2n) is 5.67. The molecule has 1 aliphatic heterocycles. The smallest absolute Gasteiger partial charge is 0.182 e. The van der Waals surface area contributed by atoms with Crippen LogP contribution in [-0.4, -0.2) is 32.1 Å². The van der Waals surface area contributed by atoms with Gasteiger partial charge in [-0.2, -0.15) is 4.37 Å². The summed E-state index contributed by atoms with van der Waals surface area (Å²) in [7, 11) is -3.33. The van der Waals surface area contributed by atoms with Crippen LogP contribution in [-0.2, 0) is 9.84 Å². The lowest BCUT2D eigenvalue weighted by Crippen LogP contribution is -2.39. The molecule has 2 heterocycles. The number of nitrogens with two attached hydrogens (primary N) is 1. The Labute approximate surface area is 125 Å². The second kappa shape index (κ2) is 5.52. The Balaban J connectivity index is 2.24. The number of nitrogen functional groups attached to an aromatic ring is 1. The van der Waals surface area contributed by atoms with Crippen molar-refractivity contribution in [2.45, 2.75) is 44.4 Å². The molecule has 2 N–H and O–H groups in total.